The van der Waals surface area contributed by atoms with Gasteiger partial charge >= 0.3 is 5.97 Å². The Labute approximate surface area is 272 Å². The number of benzene rings is 3. The van der Waals surface area contributed by atoms with E-state index in [0.29, 0.717) is 53.5 Å². The summed E-state index contributed by atoms with van der Waals surface area (Å²) >= 11 is 0. The molecule has 5 aliphatic rings. The van der Waals surface area contributed by atoms with Gasteiger partial charge in [0, 0.05) is 59.9 Å². The van der Waals surface area contributed by atoms with Crippen molar-refractivity contribution in [1.82, 2.24) is 14.7 Å². The van der Waals surface area contributed by atoms with Crippen LogP contribution in [0.4, 0.5) is 0 Å². The second-order valence-corrected chi connectivity index (χ2v) is 13.2. The van der Waals surface area contributed by atoms with Crippen molar-refractivity contribution >= 4 is 11.9 Å². The van der Waals surface area contributed by atoms with E-state index in [0.717, 1.165) is 33.4 Å². The van der Waals surface area contributed by atoms with E-state index in [4.69, 9.17) is 18.9 Å². The number of likely N-dealkylation sites (N-methyl/N-ethyl adjacent to an activating group) is 1. The molecule has 3 aromatic rings. The number of ether oxygens (including phenoxy) is 4. The Morgan fingerprint density at radius 2 is 1.85 bits per heavy atom. The van der Waals surface area contributed by atoms with Crippen LogP contribution in [0, 0.1) is 25.2 Å². The highest BCUT2D eigenvalue weighted by Crippen LogP contribution is 2.58. The number of hydrogen-bond donors (Lipinski definition) is 1. The first-order chi connectivity index (χ1) is 22.6. The molecule has 2 bridgehead atoms. The zero-order valence-electron chi connectivity index (χ0n) is 27.0. The average Bonchev–Trinajstić information content (AvgIpc) is 3.65. The number of fused-ring (bicyclic) bond motifs is 10. The number of carbonyl (C=O) groups is 2. The van der Waals surface area contributed by atoms with Crippen LogP contribution in [-0.4, -0.2) is 77.3 Å². The van der Waals surface area contributed by atoms with Crippen LogP contribution in [0.25, 0.3) is 0 Å². The smallest absolute Gasteiger partial charge is 0.308 e. The van der Waals surface area contributed by atoms with Gasteiger partial charge in [-0.25, -0.2) is 0 Å². The van der Waals surface area contributed by atoms with Crippen molar-refractivity contribution in [3.63, 3.8) is 0 Å². The number of hydrogen-bond acceptors (Lipinski definition) is 10. The lowest BCUT2D eigenvalue weighted by atomic mass is 9.71. The molecule has 8 rings (SSSR count). The summed E-state index contributed by atoms with van der Waals surface area (Å²) in [5.41, 5.74) is 6.43. The minimum atomic E-state index is -0.561. The van der Waals surface area contributed by atoms with Gasteiger partial charge in [0.1, 0.15) is 11.8 Å². The molecule has 1 saturated heterocycles. The number of phenols is 1. The van der Waals surface area contributed by atoms with Crippen molar-refractivity contribution in [3.05, 3.63) is 74.8 Å². The van der Waals surface area contributed by atoms with Crippen LogP contribution in [0.2, 0.25) is 0 Å². The van der Waals surface area contributed by atoms with Crippen LogP contribution in [0.5, 0.6) is 28.7 Å². The molecule has 0 radical (unpaired) electrons. The Morgan fingerprint density at radius 1 is 1.09 bits per heavy atom. The first-order valence-corrected chi connectivity index (χ1v) is 15.9. The third-order valence-corrected chi connectivity index (χ3v) is 10.8. The third-order valence-electron chi connectivity index (χ3n) is 10.8. The van der Waals surface area contributed by atoms with Gasteiger partial charge in [-0.2, -0.15) is 5.26 Å². The Hall–Kier alpha value is -4.79. The van der Waals surface area contributed by atoms with Gasteiger partial charge in [-0.3, -0.25) is 19.4 Å². The van der Waals surface area contributed by atoms with Gasteiger partial charge in [-0.05, 0) is 56.5 Å². The molecule has 0 saturated carbocycles. The number of aryl methyl sites for hydroxylation is 1. The fraction of sp³-hybridized carbons (Fsp3) is 0.417. The molecule has 3 aromatic carbocycles. The zero-order valence-corrected chi connectivity index (χ0v) is 27.0. The number of amides is 1. The monoisotopic (exact) mass is 636 g/mol. The van der Waals surface area contributed by atoms with Crippen molar-refractivity contribution in [2.75, 3.05) is 27.5 Å². The summed E-state index contributed by atoms with van der Waals surface area (Å²) in [4.78, 5) is 32.6. The fourth-order valence-corrected chi connectivity index (χ4v) is 8.96. The summed E-state index contributed by atoms with van der Waals surface area (Å²) in [6.07, 6.45) is 0.954. The summed E-state index contributed by atoms with van der Waals surface area (Å²) in [5, 5.41) is 22.7. The molecule has 1 fully saturated rings. The number of methoxy groups -OCH3 is 1. The Kier molecular flexibility index (Phi) is 6.69. The lowest BCUT2D eigenvalue weighted by Gasteiger charge is -2.60. The van der Waals surface area contributed by atoms with Crippen LogP contribution >= 0.6 is 0 Å². The molecule has 11 heteroatoms. The normalized spacial score (nSPS) is 25.4. The van der Waals surface area contributed by atoms with Crippen LogP contribution in [0.3, 0.4) is 0 Å². The number of piperazine rings is 1. The summed E-state index contributed by atoms with van der Waals surface area (Å²) in [5.74, 6) is 1.47. The molecule has 47 heavy (non-hydrogen) atoms. The van der Waals surface area contributed by atoms with E-state index in [9.17, 15) is 20.0 Å². The summed E-state index contributed by atoms with van der Waals surface area (Å²) < 4.78 is 23.7. The fourth-order valence-electron chi connectivity index (χ4n) is 8.96. The van der Waals surface area contributed by atoms with E-state index in [2.05, 4.69) is 21.9 Å². The van der Waals surface area contributed by atoms with Gasteiger partial charge in [0.15, 0.2) is 23.0 Å². The lowest BCUT2D eigenvalue weighted by molar-refractivity contribution is -0.132. The van der Waals surface area contributed by atoms with Gasteiger partial charge in [0.05, 0.1) is 25.3 Å². The minimum Gasteiger partial charge on any atom is -0.504 e. The van der Waals surface area contributed by atoms with E-state index in [1.54, 1.807) is 7.11 Å². The zero-order chi connectivity index (χ0) is 32.9. The summed E-state index contributed by atoms with van der Waals surface area (Å²) in [6, 6.07) is 10.4. The molecule has 242 valence electrons. The predicted molar refractivity (Wildman–Crippen MR) is 169 cm³/mol. The number of nitriles is 1. The molecule has 5 heterocycles. The maximum Gasteiger partial charge on any atom is 0.308 e. The van der Waals surface area contributed by atoms with Crippen molar-refractivity contribution in [1.29, 1.82) is 5.26 Å². The third kappa shape index (κ3) is 4.11. The van der Waals surface area contributed by atoms with Gasteiger partial charge in [-0.1, -0.05) is 24.3 Å². The van der Waals surface area contributed by atoms with E-state index < -0.39 is 18.1 Å². The number of aromatic hydroxyl groups is 1. The molecule has 5 aliphatic heterocycles. The molecule has 1 N–H and O–H groups in total. The number of esters is 1. The molecule has 1 amide bonds. The van der Waals surface area contributed by atoms with Crippen LogP contribution in [0.1, 0.15) is 68.3 Å². The van der Waals surface area contributed by atoms with Crippen LogP contribution < -0.4 is 18.9 Å². The van der Waals surface area contributed by atoms with Crippen molar-refractivity contribution < 1.29 is 33.6 Å². The SMILES string of the molecule is COc1c(C)cc2c(c1O)[C@H]1[C@@H]3Cc4c(OC(C)=O)c(C)c5c(c4[C@H](CN4Cc6ccccc6C4=O)N3[C@@H](C#N)[C@H](C2)N1C)OCO5. The highest BCUT2D eigenvalue weighted by Gasteiger charge is 2.57. The van der Waals surface area contributed by atoms with Crippen LogP contribution in [-0.2, 0) is 24.2 Å². The van der Waals surface area contributed by atoms with Gasteiger partial charge < -0.3 is 29.0 Å². The molecule has 0 aliphatic carbocycles. The van der Waals surface area contributed by atoms with E-state index in [1.807, 2.05) is 50.1 Å². The maximum absolute atomic E-state index is 13.8. The summed E-state index contributed by atoms with van der Waals surface area (Å²) in [7, 11) is 3.56. The predicted octanol–water partition coefficient (Wildman–Crippen LogP) is 4.10. The Bertz CT molecular complexity index is 1920. The Balaban J connectivity index is 1.36. The lowest BCUT2D eigenvalue weighted by Crippen LogP contribution is -2.68. The quantitative estimate of drug-likeness (QED) is 0.331. The highest BCUT2D eigenvalue weighted by molar-refractivity contribution is 5.98. The maximum atomic E-state index is 13.8. The van der Waals surface area contributed by atoms with Gasteiger partial charge in [0.25, 0.3) is 5.91 Å². The van der Waals surface area contributed by atoms with Crippen molar-refractivity contribution in [2.24, 2.45) is 0 Å². The number of nitrogens with zero attached hydrogens (tertiary/aromatic N) is 4. The first-order valence-electron chi connectivity index (χ1n) is 15.9. The van der Waals surface area contributed by atoms with Gasteiger partial charge in [-0.15, -0.1) is 0 Å². The van der Waals surface area contributed by atoms with Crippen LogP contribution in [0.15, 0.2) is 30.3 Å². The van der Waals surface area contributed by atoms with E-state index in [-0.39, 0.29) is 43.1 Å². The number of carbonyl (C=O) groups excluding carboxylic acids is 2. The van der Waals surface area contributed by atoms with Gasteiger partial charge in [0.2, 0.25) is 6.79 Å². The van der Waals surface area contributed by atoms with Crippen molar-refractivity contribution in [2.45, 2.75) is 70.4 Å². The second-order valence-electron chi connectivity index (χ2n) is 13.2. The second kappa shape index (κ2) is 10.6. The molecular formula is C36H36N4O7. The molecule has 5 atom stereocenters. The highest BCUT2D eigenvalue weighted by atomic mass is 16.7. The summed E-state index contributed by atoms with van der Waals surface area (Å²) in [6.45, 7) is 5.85. The number of phenolic OH excluding ortho intramolecular Hbond substituents is 1. The molecular weight excluding hydrogens is 600 g/mol. The molecule has 0 aromatic heterocycles. The van der Waals surface area contributed by atoms with Crippen molar-refractivity contribution in [3.8, 4) is 34.8 Å². The van der Waals surface area contributed by atoms with E-state index >= 15 is 0 Å². The first kappa shape index (κ1) is 29.6. The molecule has 11 nitrogen and oxygen atoms in total. The topological polar surface area (TPSA) is 125 Å². The average molecular weight is 637 g/mol. The Morgan fingerprint density at radius 3 is 2.57 bits per heavy atom. The standard InChI is InChI=1S/C36H36N4O7/c1-17-10-21-11-24-26(13-37)40-25(30(38(24)4)28(21)31(42)32(17)44-5)12-23-29(35-34(45-16-46-35)18(2)33(23)47-19(3)41)27(40)15-39-14-20-8-6-7-9-22(20)36(39)43/h6-10,24-27,30,42H,11-12,14-16H2,1-5H3/t24-,25-,26-,27-,30+/m0/s1. The largest absolute Gasteiger partial charge is 0.504 e. The minimum absolute atomic E-state index is 0.00638. The molecule has 0 unspecified atom stereocenters. The van der Waals surface area contributed by atoms with E-state index in [1.165, 1.54) is 6.92 Å². The molecule has 0 spiro atoms. The number of rotatable bonds is 4.